The Kier molecular flexibility index (Phi) is 4.60. The molecule has 2 aromatic rings. The lowest BCUT2D eigenvalue weighted by molar-refractivity contribution is 0.143. The van der Waals surface area contributed by atoms with Gasteiger partial charge >= 0.3 is 12.3 Å². The summed E-state index contributed by atoms with van der Waals surface area (Å²) in [5, 5.41) is 19.9. The van der Waals surface area contributed by atoms with E-state index in [0.29, 0.717) is 0 Å². The van der Waals surface area contributed by atoms with Crippen LogP contribution in [0.5, 0.6) is 11.5 Å². The number of ether oxygens (including phenoxy) is 2. The quantitative estimate of drug-likeness (QED) is 0.579. The van der Waals surface area contributed by atoms with Crippen molar-refractivity contribution in [3.8, 4) is 11.5 Å². The van der Waals surface area contributed by atoms with E-state index in [-0.39, 0.29) is 22.9 Å². The number of hydrogen-bond donors (Lipinski definition) is 3. The summed E-state index contributed by atoms with van der Waals surface area (Å²) in [6.45, 7) is 0. The van der Waals surface area contributed by atoms with Gasteiger partial charge in [-0.05, 0) is 24.3 Å². The van der Waals surface area contributed by atoms with E-state index >= 15 is 0 Å². The second kappa shape index (κ2) is 6.60. The van der Waals surface area contributed by atoms with Gasteiger partial charge in [0.2, 0.25) is 0 Å². The average molecular weight is 325 g/mol. The molecule has 0 atom stereocenters. The van der Waals surface area contributed by atoms with Crippen molar-refractivity contribution in [1.29, 1.82) is 0 Å². The molecule has 0 aromatic heterocycles. The van der Waals surface area contributed by atoms with Crippen LogP contribution in [0.15, 0.2) is 36.4 Å². The van der Waals surface area contributed by atoms with Crippen molar-refractivity contribution in [2.75, 3.05) is 5.32 Å². The van der Waals surface area contributed by atoms with Crippen LogP contribution in [0.3, 0.4) is 0 Å². The second-order valence-corrected chi connectivity index (χ2v) is 4.14. The van der Waals surface area contributed by atoms with Crippen LogP contribution < -0.4 is 14.8 Å². The monoisotopic (exact) mass is 325 g/mol. The number of rotatable bonds is 4. The van der Waals surface area contributed by atoms with Crippen LogP contribution in [0.25, 0.3) is 0 Å². The fraction of sp³-hybridized carbons (Fsp3) is 0. The Bertz CT molecular complexity index is 701. The first-order valence-corrected chi connectivity index (χ1v) is 6.03. The van der Waals surface area contributed by atoms with Gasteiger partial charge in [0, 0.05) is 12.1 Å². The van der Waals surface area contributed by atoms with Gasteiger partial charge in [0.15, 0.2) is 11.5 Å². The molecular formula is C14H9F2NO6. The Morgan fingerprint density at radius 2 is 1.22 bits per heavy atom. The number of benzene rings is 2. The molecule has 0 spiro atoms. The van der Waals surface area contributed by atoms with Gasteiger partial charge in [-0.3, -0.25) is 0 Å². The van der Waals surface area contributed by atoms with Gasteiger partial charge in [-0.15, -0.1) is 0 Å². The highest BCUT2D eigenvalue weighted by atomic mass is 19.1. The summed E-state index contributed by atoms with van der Waals surface area (Å²) in [4.78, 5) is 21.2. The molecule has 23 heavy (non-hydrogen) atoms. The Hall–Kier alpha value is -3.36. The number of nitrogens with one attached hydrogen (secondary N) is 1. The van der Waals surface area contributed by atoms with Gasteiger partial charge in [0.05, 0.1) is 11.4 Å². The number of hydrogen-bond acceptors (Lipinski definition) is 5. The Morgan fingerprint density at radius 1 is 0.826 bits per heavy atom. The van der Waals surface area contributed by atoms with E-state index in [2.05, 4.69) is 14.8 Å². The fourth-order valence-electron chi connectivity index (χ4n) is 1.70. The first-order valence-electron chi connectivity index (χ1n) is 6.03. The molecule has 2 rings (SSSR count). The maximum Gasteiger partial charge on any atom is 0.511 e. The highest BCUT2D eigenvalue weighted by Crippen LogP contribution is 2.33. The summed E-state index contributed by atoms with van der Waals surface area (Å²) >= 11 is 0. The van der Waals surface area contributed by atoms with Gasteiger partial charge in [0.25, 0.3) is 0 Å². The molecule has 0 fully saturated rings. The third kappa shape index (κ3) is 4.30. The zero-order chi connectivity index (χ0) is 17.0. The maximum absolute atomic E-state index is 13.2. The lowest BCUT2D eigenvalue weighted by atomic mass is 10.2. The molecule has 0 bridgehead atoms. The summed E-state index contributed by atoms with van der Waals surface area (Å²) in [6, 6.07) is 6.02. The van der Waals surface area contributed by atoms with E-state index in [4.69, 9.17) is 10.2 Å². The molecule has 0 aliphatic heterocycles. The summed E-state index contributed by atoms with van der Waals surface area (Å²) in [5.74, 6) is -2.20. The Morgan fingerprint density at radius 3 is 1.57 bits per heavy atom. The van der Waals surface area contributed by atoms with Crippen molar-refractivity contribution in [3.63, 3.8) is 0 Å². The van der Waals surface area contributed by atoms with E-state index in [0.717, 1.165) is 24.3 Å². The van der Waals surface area contributed by atoms with Crippen LogP contribution in [0, 0.1) is 11.6 Å². The summed E-state index contributed by atoms with van der Waals surface area (Å²) < 4.78 is 35.2. The molecule has 0 unspecified atom stereocenters. The largest absolute Gasteiger partial charge is 0.511 e. The third-order valence-electron chi connectivity index (χ3n) is 2.55. The summed E-state index contributed by atoms with van der Waals surface area (Å²) in [7, 11) is 0. The van der Waals surface area contributed by atoms with Crippen LogP contribution >= 0.6 is 0 Å². The number of anilines is 2. The minimum atomic E-state index is -1.67. The van der Waals surface area contributed by atoms with Gasteiger partial charge in [0.1, 0.15) is 11.6 Å². The minimum absolute atomic E-state index is 0.00986. The van der Waals surface area contributed by atoms with Gasteiger partial charge in [-0.25, -0.2) is 18.4 Å². The van der Waals surface area contributed by atoms with Crippen molar-refractivity contribution < 1.29 is 38.1 Å². The molecule has 0 amide bonds. The van der Waals surface area contributed by atoms with E-state index in [1.165, 1.54) is 12.1 Å². The van der Waals surface area contributed by atoms with Crippen LogP contribution in [-0.2, 0) is 0 Å². The zero-order valence-electron chi connectivity index (χ0n) is 11.2. The van der Waals surface area contributed by atoms with Crippen LogP contribution in [0.4, 0.5) is 29.7 Å². The predicted octanol–water partition coefficient (Wildman–Crippen LogP) is 3.82. The normalized spacial score (nSPS) is 10.0. The van der Waals surface area contributed by atoms with Gasteiger partial charge in [-0.1, -0.05) is 0 Å². The predicted molar refractivity (Wildman–Crippen MR) is 73.4 cm³/mol. The minimum Gasteiger partial charge on any atom is -0.449 e. The maximum atomic E-state index is 13.2. The van der Waals surface area contributed by atoms with E-state index < -0.39 is 23.9 Å². The van der Waals surface area contributed by atoms with E-state index in [1.54, 1.807) is 0 Å². The summed E-state index contributed by atoms with van der Waals surface area (Å²) in [6.07, 6.45) is -3.33. The van der Waals surface area contributed by atoms with Crippen molar-refractivity contribution in [2.24, 2.45) is 0 Å². The van der Waals surface area contributed by atoms with Crippen LogP contribution in [-0.4, -0.2) is 22.5 Å². The third-order valence-corrected chi connectivity index (χ3v) is 2.55. The Balaban J connectivity index is 2.39. The topological polar surface area (TPSA) is 105 Å². The Labute approximate surface area is 127 Å². The number of carboxylic acid groups (broad SMARTS) is 2. The first kappa shape index (κ1) is 16.0. The second-order valence-electron chi connectivity index (χ2n) is 4.14. The van der Waals surface area contributed by atoms with Crippen molar-refractivity contribution >= 4 is 23.7 Å². The molecule has 9 heteroatoms. The van der Waals surface area contributed by atoms with Crippen molar-refractivity contribution in [1.82, 2.24) is 0 Å². The standard InChI is InChI=1S/C14H9F2NO6/c15-7-1-3-9(11(5-7)22-13(18)19)17-10-4-2-8(16)6-12(10)23-14(20)21/h1-6,17H,(H,18,19)(H,20,21). The molecular weight excluding hydrogens is 316 g/mol. The molecule has 0 aliphatic carbocycles. The van der Waals surface area contributed by atoms with Gasteiger partial charge < -0.3 is 25.0 Å². The fourth-order valence-corrected chi connectivity index (χ4v) is 1.70. The molecule has 0 aliphatic rings. The van der Waals surface area contributed by atoms with Crippen LogP contribution in [0.2, 0.25) is 0 Å². The highest BCUT2D eigenvalue weighted by Gasteiger charge is 2.14. The van der Waals surface area contributed by atoms with E-state index in [1.807, 2.05) is 0 Å². The van der Waals surface area contributed by atoms with Crippen LogP contribution in [0.1, 0.15) is 0 Å². The lowest BCUT2D eigenvalue weighted by Gasteiger charge is -2.13. The molecule has 0 saturated carbocycles. The summed E-state index contributed by atoms with van der Waals surface area (Å²) in [5.41, 5.74) is 0.0197. The molecule has 0 radical (unpaired) electrons. The van der Waals surface area contributed by atoms with Crippen molar-refractivity contribution in [3.05, 3.63) is 48.0 Å². The highest BCUT2D eigenvalue weighted by molar-refractivity contribution is 5.75. The SMILES string of the molecule is O=C(O)Oc1cc(F)ccc1Nc1ccc(F)cc1OC(=O)O. The molecule has 0 heterocycles. The number of carbonyl (C=O) groups is 2. The average Bonchev–Trinajstić information content (AvgIpc) is 2.43. The lowest BCUT2D eigenvalue weighted by Crippen LogP contribution is -2.08. The zero-order valence-corrected chi connectivity index (χ0v) is 11.2. The molecule has 2 aromatic carbocycles. The smallest absolute Gasteiger partial charge is 0.449 e. The van der Waals surface area contributed by atoms with E-state index in [9.17, 15) is 18.4 Å². The molecule has 3 N–H and O–H groups in total. The first-order chi connectivity index (χ1) is 10.8. The molecule has 120 valence electrons. The van der Waals surface area contributed by atoms with Gasteiger partial charge in [-0.2, -0.15) is 0 Å². The molecule has 7 nitrogen and oxygen atoms in total. The molecule has 0 saturated heterocycles. The number of halogens is 2. The van der Waals surface area contributed by atoms with Crippen molar-refractivity contribution in [2.45, 2.75) is 0 Å².